The van der Waals surface area contributed by atoms with Gasteiger partial charge in [-0.3, -0.25) is 14.9 Å². The van der Waals surface area contributed by atoms with E-state index in [2.05, 4.69) is 29.8 Å². The molecule has 1 aromatic rings. The molecule has 2 rings (SSSR count). The third kappa shape index (κ3) is 3.14. The van der Waals surface area contributed by atoms with Gasteiger partial charge in [-0.1, -0.05) is 26.0 Å². The third-order valence-electron chi connectivity index (χ3n) is 3.16. The van der Waals surface area contributed by atoms with Gasteiger partial charge in [0.2, 0.25) is 0 Å². The van der Waals surface area contributed by atoms with E-state index in [-0.39, 0.29) is 12.5 Å². The number of benzene rings is 1. The van der Waals surface area contributed by atoms with Crippen LogP contribution in [0, 0.1) is 0 Å². The van der Waals surface area contributed by atoms with Gasteiger partial charge in [0.15, 0.2) is 0 Å². The zero-order valence-corrected chi connectivity index (χ0v) is 11.4. The van der Waals surface area contributed by atoms with Crippen LogP contribution in [0.2, 0.25) is 0 Å². The molecule has 1 aromatic carbocycles. The van der Waals surface area contributed by atoms with Gasteiger partial charge in [-0.25, -0.2) is 4.79 Å². The normalized spacial score (nSPS) is 17.9. The van der Waals surface area contributed by atoms with Gasteiger partial charge in [0.1, 0.15) is 6.04 Å². The van der Waals surface area contributed by atoms with E-state index in [0.717, 1.165) is 5.56 Å². The molecule has 0 aromatic heterocycles. The van der Waals surface area contributed by atoms with Crippen molar-refractivity contribution >= 4 is 17.8 Å². The molecule has 1 fully saturated rings. The first-order chi connectivity index (χ1) is 9.47. The van der Waals surface area contributed by atoms with Gasteiger partial charge in [0.25, 0.3) is 11.8 Å². The molecule has 4 amide bonds. The van der Waals surface area contributed by atoms with E-state index in [1.54, 1.807) is 12.1 Å². The molecule has 1 aliphatic rings. The predicted molar refractivity (Wildman–Crippen MR) is 73.3 cm³/mol. The van der Waals surface area contributed by atoms with E-state index in [1.165, 1.54) is 0 Å². The molecule has 3 N–H and O–H groups in total. The smallest absolute Gasteiger partial charge is 0.322 e. The minimum Gasteiger partial charge on any atom is -0.349 e. The van der Waals surface area contributed by atoms with Crippen molar-refractivity contribution in [2.45, 2.75) is 25.8 Å². The minimum absolute atomic E-state index is 0.0718. The number of nitrogens with one attached hydrogen (secondary N) is 3. The Morgan fingerprint density at radius 3 is 2.40 bits per heavy atom. The topological polar surface area (TPSA) is 87.3 Å². The van der Waals surface area contributed by atoms with Crippen LogP contribution in [-0.4, -0.2) is 30.4 Å². The fourth-order valence-electron chi connectivity index (χ4n) is 1.92. The molecular weight excluding hydrogens is 258 g/mol. The van der Waals surface area contributed by atoms with Crippen molar-refractivity contribution in [1.82, 2.24) is 16.0 Å². The number of rotatable bonds is 4. The Labute approximate surface area is 116 Å². The van der Waals surface area contributed by atoms with E-state index in [1.807, 2.05) is 12.1 Å². The highest BCUT2D eigenvalue weighted by Gasteiger charge is 2.29. The van der Waals surface area contributed by atoms with Crippen LogP contribution in [0.25, 0.3) is 0 Å². The molecule has 0 radical (unpaired) electrons. The molecule has 106 valence electrons. The van der Waals surface area contributed by atoms with Gasteiger partial charge in [0.05, 0.1) is 0 Å². The number of carbonyl (C=O) groups is 3. The Balaban J connectivity index is 1.92. The van der Waals surface area contributed by atoms with Gasteiger partial charge in [-0.2, -0.15) is 0 Å². The van der Waals surface area contributed by atoms with Gasteiger partial charge in [-0.15, -0.1) is 0 Å². The molecule has 20 heavy (non-hydrogen) atoms. The second-order valence-electron chi connectivity index (χ2n) is 5.00. The summed E-state index contributed by atoms with van der Waals surface area (Å²) in [6, 6.07) is 6.07. The number of urea groups is 1. The van der Waals surface area contributed by atoms with Crippen LogP contribution in [-0.2, 0) is 4.79 Å². The Kier molecular flexibility index (Phi) is 4.02. The Hall–Kier alpha value is -2.37. The maximum Gasteiger partial charge on any atom is 0.322 e. The van der Waals surface area contributed by atoms with Crippen LogP contribution in [0.15, 0.2) is 24.3 Å². The summed E-state index contributed by atoms with van der Waals surface area (Å²) in [6.07, 6.45) is 0. The molecule has 0 saturated carbocycles. The molecule has 1 unspecified atom stereocenters. The molecule has 0 spiro atoms. The summed E-state index contributed by atoms with van der Waals surface area (Å²) in [5.41, 5.74) is 1.68. The average Bonchev–Trinajstić information content (AvgIpc) is 2.74. The van der Waals surface area contributed by atoms with Crippen LogP contribution in [0.5, 0.6) is 0 Å². The van der Waals surface area contributed by atoms with E-state index < -0.39 is 18.0 Å². The summed E-state index contributed by atoms with van der Waals surface area (Å²) in [5, 5.41) is 7.16. The van der Waals surface area contributed by atoms with Crippen molar-refractivity contribution in [2.24, 2.45) is 0 Å². The number of imide groups is 1. The summed E-state index contributed by atoms with van der Waals surface area (Å²) in [4.78, 5) is 34.1. The van der Waals surface area contributed by atoms with Crippen LogP contribution < -0.4 is 16.0 Å². The predicted octanol–water partition coefficient (Wildman–Crippen LogP) is 0.748. The van der Waals surface area contributed by atoms with Crippen LogP contribution >= 0.6 is 0 Å². The Bertz CT molecular complexity index is 537. The number of hydrogen-bond donors (Lipinski definition) is 3. The van der Waals surface area contributed by atoms with E-state index >= 15 is 0 Å². The lowest BCUT2D eigenvalue weighted by Gasteiger charge is -2.10. The van der Waals surface area contributed by atoms with Gasteiger partial charge in [0, 0.05) is 12.1 Å². The maximum absolute atomic E-state index is 11.9. The van der Waals surface area contributed by atoms with E-state index in [0.29, 0.717) is 11.5 Å². The summed E-state index contributed by atoms with van der Waals surface area (Å²) in [7, 11) is 0. The Morgan fingerprint density at radius 1 is 1.25 bits per heavy atom. The number of hydrogen-bond acceptors (Lipinski definition) is 3. The van der Waals surface area contributed by atoms with Crippen molar-refractivity contribution in [3.63, 3.8) is 0 Å². The molecule has 0 bridgehead atoms. The molecule has 1 atom stereocenters. The number of amides is 4. The first-order valence-electron chi connectivity index (χ1n) is 6.47. The van der Waals surface area contributed by atoms with Gasteiger partial charge in [-0.05, 0) is 23.6 Å². The van der Waals surface area contributed by atoms with E-state index in [4.69, 9.17) is 0 Å². The van der Waals surface area contributed by atoms with Crippen LogP contribution in [0.3, 0.4) is 0 Å². The monoisotopic (exact) mass is 275 g/mol. The quantitative estimate of drug-likeness (QED) is 0.708. The fourth-order valence-corrected chi connectivity index (χ4v) is 1.92. The molecule has 1 aliphatic heterocycles. The number of carbonyl (C=O) groups excluding carboxylic acids is 3. The van der Waals surface area contributed by atoms with Crippen molar-refractivity contribution in [3.05, 3.63) is 35.4 Å². The zero-order valence-electron chi connectivity index (χ0n) is 11.4. The Morgan fingerprint density at radius 2 is 1.90 bits per heavy atom. The lowest BCUT2D eigenvalue weighted by molar-refractivity contribution is -0.120. The van der Waals surface area contributed by atoms with Crippen LogP contribution in [0.4, 0.5) is 4.79 Å². The van der Waals surface area contributed by atoms with Gasteiger partial charge < -0.3 is 10.6 Å². The van der Waals surface area contributed by atoms with Crippen molar-refractivity contribution in [3.8, 4) is 0 Å². The second kappa shape index (κ2) is 5.73. The summed E-state index contributed by atoms with van der Waals surface area (Å²) >= 11 is 0. The van der Waals surface area contributed by atoms with Crippen molar-refractivity contribution in [1.29, 1.82) is 0 Å². The molecule has 0 aliphatic carbocycles. The maximum atomic E-state index is 11.9. The molecule has 6 heteroatoms. The summed E-state index contributed by atoms with van der Waals surface area (Å²) < 4.78 is 0. The molecule has 6 nitrogen and oxygen atoms in total. The lowest BCUT2D eigenvalue weighted by Crippen LogP contribution is -2.41. The molecule has 1 saturated heterocycles. The SMILES string of the molecule is CC(C)c1ccc(C(=O)NCC2NC(=O)NC2=O)cc1. The molecule has 1 heterocycles. The first-order valence-corrected chi connectivity index (χ1v) is 6.47. The highest BCUT2D eigenvalue weighted by molar-refractivity contribution is 6.04. The zero-order chi connectivity index (χ0) is 14.7. The highest BCUT2D eigenvalue weighted by Crippen LogP contribution is 2.14. The minimum atomic E-state index is -0.707. The van der Waals surface area contributed by atoms with E-state index in [9.17, 15) is 14.4 Å². The van der Waals surface area contributed by atoms with Crippen molar-refractivity contribution in [2.75, 3.05) is 6.54 Å². The van der Waals surface area contributed by atoms with Gasteiger partial charge >= 0.3 is 6.03 Å². The first kappa shape index (κ1) is 14.0. The second-order valence-corrected chi connectivity index (χ2v) is 5.00. The summed E-state index contributed by atoms with van der Waals surface area (Å²) in [6.45, 7) is 4.23. The highest BCUT2D eigenvalue weighted by atomic mass is 16.2. The third-order valence-corrected chi connectivity index (χ3v) is 3.16. The largest absolute Gasteiger partial charge is 0.349 e. The van der Waals surface area contributed by atoms with Crippen molar-refractivity contribution < 1.29 is 14.4 Å². The average molecular weight is 275 g/mol. The summed E-state index contributed by atoms with van der Waals surface area (Å²) in [5.74, 6) is -0.288. The molecular formula is C14H17N3O3. The van der Waals surface area contributed by atoms with Crippen LogP contribution in [0.1, 0.15) is 35.7 Å². The standard InChI is InChI=1S/C14H17N3O3/c1-8(2)9-3-5-10(6-4-9)12(18)15-7-11-13(19)17-14(20)16-11/h3-6,8,11H,7H2,1-2H3,(H,15,18)(H2,16,17,19,20). The fraction of sp³-hybridized carbons (Fsp3) is 0.357. The lowest BCUT2D eigenvalue weighted by atomic mass is 10.0.